The largest absolute Gasteiger partial charge is 0.463 e. The molecule has 0 saturated carbocycles. The van der Waals surface area contributed by atoms with Gasteiger partial charge in [0.25, 0.3) is 0 Å². The molecule has 0 radical (unpaired) electrons. The fourth-order valence-electron chi connectivity index (χ4n) is 1.15. The molecule has 0 bridgehead atoms. The number of halogens is 1. The van der Waals surface area contributed by atoms with E-state index in [1.54, 1.807) is 0 Å². The van der Waals surface area contributed by atoms with Crippen molar-refractivity contribution in [1.29, 1.82) is 0 Å². The highest BCUT2D eigenvalue weighted by molar-refractivity contribution is 14.1. The fraction of sp³-hybridized carbons (Fsp3) is 0.800. The topological polar surface area (TPSA) is 52.6 Å². The highest BCUT2D eigenvalue weighted by Gasteiger charge is 2.37. The summed E-state index contributed by atoms with van der Waals surface area (Å²) in [5.74, 6) is -0.724. The number of cyclic esters (lactones) is 1. The Labute approximate surface area is 103 Å². The van der Waals surface area contributed by atoms with Gasteiger partial charge < -0.3 is 9.47 Å². The maximum Gasteiger partial charge on any atom is 0.347 e. The molecule has 1 heterocycles. The molecular weight excluding hydrogens is 311 g/mol. The number of rotatable bonds is 4. The molecule has 0 aromatic rings. The molecule has 1 saturated heterocycles. The molecule has 2 atom stereocenters. The van der Waals surface area contributed by atoms with Gasteiger partial charge in [-0.2, -0.15) is 0 Å². The summed E-state index contributed by atoms with van der Waals surface area (Å²) in [5, 5.41) is 0. The van der Waals surface area contributed by atoms with Crippen LogP contribution in [0.2, 0.25) is 0 Å². The van der Waals surface area contributed by atoms with Crippen LogP contribution in [0.25, 0.3) is 0 Å². The van der Waals surface area contributed by atoms with Crippen LogP contribution in [0.1, 0.15) is 26.7 Å². The SMILES string of the molecule is CCC(C)(CI)C(=O)OC1CCOC1=O. The molecule has 0 aromatic heterocycles. The summed E-state index contributed by atoms with van der Waals surface area (Å²) in [6.07, 6.45) is 0.494. The summed E-state index contributed by atoms with van der Waals surface area (Å²) in [5.41, 5.74) is -0.497. The van der Waals surface area contributed by atoms with Gasteiger partial charge in [0.05, 0.1) is 12.0 Å². The normalized spacial score (nSPS) is 24.5. The Balaban J connectivity index is 2.58. The number of alkyl halides is 1. The van der Waals surface area contributed by atoms with Crippen molar-refractivity contribution in [3.63, 3.8) is 0 Å². The lowest BCUT2D eigenvalue weighted by Crippen LogP contribution is -2.35. The van der Waals surface area contributed by atoms with Gasteiger partial charge in [0.1, 0.15) is 0 Å². The summed E-state index contributed by atoms with van der Waals surface area (Å²) in [4.78, 5) is 22.9. The maximum atomic E-state index is 11.8. The maximum absolute atomic E-state index is 11.8. The second kappa shape index (κ2) is 5.14. The lowest BCUT2D eigenvalue weighted by molar-refractivity contribution is -0.166. The monoisotopic (exact) mass is 326 g/mol. The van der Waals surface area contributed by atoms with E-state index in [0.717, 1.165) is 0 Å². The van der Waals surface area contributed by atoms with Gasteiger partial charge in [-0.1, -0.05) is 29.5 Å². The summed E-state index contributed by atoms with van der Waals surface area (Å²) in [6.45, 7) is 4.14. The molecule has 4 nitrogen and oxygen atoms in total. The molecule has 0 spiro atoms. The van der Waals surface area contributed by atoms with Gasteiger partial charge in [-0.15, -0.1) is 0 Å². The summed E-state index contributed by atoms with van der Waals surface area (Å²) in [7, 11) is 0. The highest BCUT2D eigenvalue weighted by atomic mass is 127. The van der Waals surface area contributed by atoms with Crippen molar-refractivity contribution in [2.24, 2.45) is 5.41 Å². The van der Waals surface area contributed by atoms with E-state index in [1.807, 2.05) is 13.8 Å². The van der Waals surface area contributed by atoms with E-state index >= 15 is 0 Å². The second-order valence-corrected chi connectivity index (χ2v) is 4.66. The number of carbonyl (C=O) groups is 2. The quantitative estimate of drug-likeness (QED) is 0.448. The van der Waals surface area contributed by atoms with E-state index in [4.69, 9.17) is 9.47 Å². The Morgan fingerprint density at radius 3 is 2.80 bits per heavy atom. The predicted octanol–water partition coefficient (Wildman–Crippen LogP) is 1.70. The fourth-order valence-corrected chi connectivity index (χ4v) is 2.00. The lowest BCUT2D eigenvalue weighted by atomic mass is 9.90. The smallest absolute Gasteiger partial charge is 0.347 e. The van der Waals surface area contributed by atoms with Gasteiger partial charge in [-0.25, -0.2) is 4.79 Å². The molecule has 0 aromatic carbocycles. The zero-order chi connectivity index (χ0) is 11.5. The van der Waals surface area contributed by atoms with Gasteiger partial charge in [0.2, 0.25) is 6.10 Å². The third-order valence-corrected chi connectivity index (χ3v) is 4.39. The molecule has 5 heteroatoms. The van der Waals surface area contributed by atoms with Gasteiger partial charge in [0, 0.05) is 10.8 Å². The van der Waals surface area contributed by atoms with Crippen molar-refractivity contribution in [2.45, 2.75) is 32.8 Å². The Hall–Kier alpha value is -0.330. The number of esters is 2. The molecule has 1 rings (SSSR count). The molecule has 0 N–H and O–H groups in total. The molecule has 86 valence electrons. The third kappa shape index (κ3) is 2.83. The van der Waals surface area contributed by atoms with Crippen LogP contribution in [0.3, 0.4) is 0 Å². The van der Waals surface area contributed by atoms with Crippen LogP contribution in [-0.4, -0.2) is 29.1 Å². The Bertz CT molecular complexity index is 260. The van der Waals surface area contributed by atoms with E-state index < -0.39 is 17.5 Å². The first kappa shape index (κ1) is 12.7. The van der Waals surface area contributed by atoms with Gasteiger partial charge in [-0.3, -0.25) is 4.79 Å². The van der Waals surface area contributed by atoms with Crippen LogP contribution in [0.4, 0.5) is 0 Å². The zero-order valence-corrected chi connectivity index (χ0v) is 11.1. The van der Waals surface area contributed by atoms with E-state index in [1.165, 1.54) is 0 Å². The minimum atomic E-state index is -0.689. The first-order valence-electron chi connectivity index (χ1n) is 4.97. The van der Waals surface area contributed by atoms with Crippen LogP contribution >= 0.6 is 22.6 Å². The number of hydrogen-bond donors (Lipinski definition) is 0. The molecule has 15 heavy (non-hydrogen) atoms. The minimum absolute atomic E-state index is 0.303. The molecular formula is C10H15IO4. The summed E-state index contributed by atoms with van der Waals surface area (Å²) in [6, 6.07) is 0. The lowest BCUT2D eigenvalue weighted by Gasteiger charge is -2.24. The van der Waals surface area contributed by atoms with Crippen LogP contribution in [-0.2, 0) is 19.1 Å². The third-order valence-electron chi connectivity index (χ3n) is 2.70. The van der Waals surface area contributed by atoms with Crippen molar-refractivity contribution in [2.75, 3.05) is 11.0 Å². The Kier molecular flexibility index (Phi) is 4.36. The molecule has 1 aliphatic heterocycles. The van der Waals surface area contributed by atoms with Crippen LogP contribution in [0, 0.1) is 5.41 Å². The second-order valence-electron chi connectivity index (χ2n) is 3.90. The average Bonchev–Trinajstić information content (AvgIpc) is 2.63. The van der Waals surface area contributed by atoms with E-state index in [9.17, 15) is 9.59 Å². The molecule has 1 fully saturated rings. The Morgan fingerprint density at radius 2 is 2.40 bits per heavy atom. The zero-order valence-electron chi connectivity index (χ0n) is 8.92. The van der Waals surface area contributed by atoms with Crippen molar-refractivity contribution in [3.8, 4) is 0 Å². The predicted molar refractivity (Wildman–Crippen MR) is 62.7 cm³/mol. The van der Waals surface area contributed by atoms with Crippen molar-refractivity contribution in [3.05, 3.63) is 0 Å². The average molecular weight is 326 g/mol. The molecule has 2 unspecified atom stereocenters. The van der Waals surface area contributed by atoms with Crippen molar-refractivity contribution in [1.82, 2.24) is 0 Å². The van der Waals surface area contributed by atoms with Crippen molar-refractivity contribution >= 4 is 34.5 Å². The van der Waals surface area contributed by atoms with Crippen molar-refractivity contribution < 1.29 is 19.1 Å². The van der Waals surface area contributed by atoms with Gasteiger partial charge in [-0.05, 0) is 13.3 Å². The van der Waals surface area contributed by atoms with Crippen LogP contribution in [0.15, 0.2) is 0 Å². The van der Waals surface area contributed by atoms with Crippen LogP contribution < -0.4 is 0 Å². The van der Waals surface area contributed by atoms with Gasteiger partial charge >= 0.3 is 11.9 Å². The first-order valence-corrected chi connectivity index (χ1v) is 6.49. The molecule has 0 amide bonds. The summed E-state index contributed by atoms with van der Waals surface area (Å²) < 4.78 is 10.6. The molecule has 1 aliphatic rings. The van der Waals surface area contributed by atoms with E-state index in [-0.39, 0.29) is 5.97 Å². The number of carbonyl (C=O) groups excluding carboxylic acids is 2. The first-order chi connectivity index (χ1) is 7.03. The standard InChI is InChI=1S/C10H15IO4/c1-3-10(2,6-11)9(13)15-7-4-5-14-8(7)12/h7H,3-6H2,1-2H3. The van der Waals surface area contributed by atoms with E-state index in [2.05, 4.69) is 22.6 Å². The number of ether oxygens (including phenoxy) is 2. The van der Waals surface area contributed by atoms with E-state index in [0.29, 0.717) is 23.9 Å². The van der Waals surface area contributed by atoms with Crippen LogP contribution in [0.5, 0.6) is 0 Å². The molecule has 0 aliphatic carbocycles. The number of hydrogen-bond acceptors (Lipinski definition) is 4. The van der Waals surface area contributed by atoms with Gasteiger partial charge in [0.15, 0.2) is 0 Å². The Morgan fingerprint density at radius 1 is 1.73 bits per heavy atom. The summed E-state index contributed by atoms with van der Waals surface area (Å²) >= 11 is 2.16. The highest BCUT2D eigenvalue weighted by Crippen LogP contribution is 2.27. The minimum Gasteiger partial charge on any atom is -0.463 e.